The number of aryl methyl sites for hydroxylation is 1. The van der Waals surface area contributed by atoms with Gasteiger partial charge in [-0.25, -0.2) is 0 Å². The molecule has 0 aliphatic carbocycles. The third kappa shape index (κ3) is 2.26. The molecule has 0 atom stereocenters. The second-order valence-electron chi connectivity index (χ2n) is 11.0. The summed E-state index contributed by atoms with van der Waals surface area (Å²) in [5, 5.41) is 10.5. The second kappa shape index (κ2) is 7.02. The number of fused-ring (bicyclic) bond motifs is 9. The number of hydrogen-bond acceptors (Lipinski definition) is 0. The van der Waals surface area contributed by atoms with E-state index in [2.05, 4.69) is 142 Å². The molecule has 0 unspecified atom stereocenters. The summed E-state index contributed by atoms with van der Waals surface area (Å²) in [5.41, 5.74) is 9.98. The molecule has 186 valence electrons. The van der Waals surface area contributed by atoms with Crippen LogP contribution in [0.4, 0.5) is 0 Å². The van der Waals surface area contributed by atoms with Gasteiger partial charge < -0.3 is 13.5 Å². The molecule has 3 nitrogen and oxygen atoms in total. The maximum absolute atomic E-state index is 2.54. The molecule has 0 saturated carbocycles. The molecule has 0 saturated heterocycles. The minimum absolute atomic E-state index is 1.18. The van der Waals surface area contributed by atoms with Crippen LogP contribution in [0.15, 0.2) is 121 Å². The van der Waals surface area contributed by atoms with Crippen LogP contribution in [0, 0.1) is 0 Å². The fraction of sp³-hybridized carbons (Fsp3) is 0.0270. The number of rotatable bonds is 1. The van der Waals surface area contributed by atoms with E-state index in [-0.39, 0.29) is 0 Å². The molecule has 10 rings (SSSR count). The monoisotopic (exact) mass is 509 g/mol. The molecule has 0 bridgehead atoms. The molecule has 0 N–H and O–H groups in total. The molecule has 0 spiro atoms. The van der Waals surface area contributed by atoms with Crippen molar-refractivity contribution in [3.63, 3.8) is 0 Å². The summed E-state index contributed by atoms with van der Waals surface area (Å²) in [6.45, 7) is 0. The largest absolute Gasteiger partial charge is 0.343 e. The average molecular weight is 510 g/mol. The first-order valence-corrected chi connectivity index (χ1v) is 13.9. The van der Waals surface area contributed by atoms with E-state index in [0.29, 0.717) is 0 Å². The van der Waals surface area contributed by atoms with E-state index in [1.165, 1.54) is 87.4 Å². The van der Waals surface area contributed by atoms with E-state index >= 15 is 0 Å². The Morgan fingerprint density at radius 2 is 1.02 bits per heavy atom. The Bertz CT molecular complexity index is 2650. The average Bonchev–Trinajstić information content (AvgIpc) is 3.60. The molecular weight excluding hydrogens is 486 g/mol. The quantitative estimate of drug-likeness (QED) is 0.209. The lowest BCUT2D eigenvalue weighted by atomic mass is 10.0. The maximum Gasteiger partial charge on any atom is 0.0619 e. The summed E-state index contributed by atoms with van der Waals surface area (Å²) in [7, 11) is 2.24. The van der Waals surface area contributed by atoms with Crippen molar-refractivity contribution in [3.05, 3.63) is 121 Å². The van der Waals surface area contributed by atoms with E-state index in [4.69, 9.17) is 0 Å². The van der Waals surface area contributed by atoms with Crippen LogP contribution in [0.3, 0.4) is 0 Å². The highest BCUT2D eigenvalue weighted by Gasteiger charge is 2.24. The van der Waals surface area contributed by atoms with Crippen molar-refractivity contribution in [2.45, 2.75) is 0 Å². The third-order valence-corrected chi connectivity index (χ3v) is 9.14. The van der Waals surface area contributed by atoms with Gasteiger partial charge in [0, 0.05) is 56.0 Å². The van der Waals surface area contributed by atoms with Gasteiger partial charge in [-0.1, -0.05) is 84.9 Å². The normalized spacial score (nSPS) is 12.6. The van der Waals surface area contributed by atoms with Crippen LogP contribution in [-0.2, 0) is 7.05 Å². The molecule has 0 aliphatic heterocycles. The zero-order valence-corrected chi connectivity index (χ0v) is 21.9. The van der Waals surface area contributed by atoms with Crippen LogP contribution >= 0.6 is 0 Å². The molecule has 3 heteroatoms. The molecule has 4 aromatic heterocycles. The predicted molar refractivity (Wildman–Crippen MR) is 169 cm³/mol. The fourth-order valence-corrected chi connectivity index (χ4v) is 7.62. The van der Waals surface area contributed by atoms with E-state index in [1.807, 2.05) is 0 Å². The first-order chi connectivity index (χ1) is 19.8. The van der Waals surface area contributed by atoms with Gasteiger partial charge >= 0.3 is 0 Å². The number of nitrogens with zero attached hydrogens (tertiary/aromatic N) is 3. The van der Waals surface area contributed by atoms with Gasteiger partial charge in [0.25, 0.3) is 0 Å². The SMILES string of the molecule is Cn1c2cccc3c4cccc5c6ccccc6n(c6cc7c(c8ccccc8n7-c7ccccc7)c1c6c32)c45. The molecule has 10 aromatic rings. The molecule has 40 heavy (non-hydrogen) atoms. The first-order valence-electron chi connectivity index (χ1n) is 13.9. The molecular formula is C37H23N3. The molecule has 0 aliphatic rings. The van der Waals surface area contributed by atoms with Crippen molar-refractivity contribution in [2.75, 3.05) is 0 Å². The Labute approximate surface area is 229 Å². The van der Waals surface area contributed by atoms with E-state index in [9.17, 15) is 0 Å². The third-order valence-electron chi connectivity index (χ3n) is 9.14. The van der Waals surface area contributed by atoms with Crippen molar-refractivity contribution < 1.29 is 0 Å². The summed E-state index contributed by atoms with van der Waals surface area (Å²) in [5.74, 6) is 0. The van der Waals surface area contributed by atoms with Crippen molar-refractivity contribution in [1.29, 1.82) is 0 Å². The number of benzene rings is 6. The summed E-state index contributed by atoms with van der Waals surface area (Å²) in [6, 6.07) is 44.6. The summed E-state index contributed by atoms with van der Waals surface area (Å²) in [4.78, 5) is 0. The number of hydrogen-bond donors (Lipinski definition) is 0. The van der Waals surface area contributed by atoms with Gasteiger partial charge in [0.2, 0.25) is 0 Å². The van der Waals surface area contributed by atoms with Crippen LogP contribution in [0.2, 0.25) is 0 Å². The molecule has 0 amide bonds. The predicted octanol–water partition coefficient (Wildman–Crippen LogP) is 9.58. The fourth-order valence-electron chi connectivity index (χ4n) is 7.62. The molecule has 0 radical (unpaired) electrons. The Kier molecular flexibility index (Phi) is 3.62. The van der Waals surface area contributed by atoms with Crippen LogP contribution in [0.5, 0.6) is 0 Å². The maximum atomic E-state index is 2.54. The zero-order chi connectivity index (χ0) is 26.1. The second-order valence-corrected chi connectivity index (χ2v) is 11.0. The standard InChI is InChI=1S/C37H23N3/c1-38-30-20-10-15-24-26-17-9-16-25-23-13-5-7-18-28(23)40(36(25)26)32-21-31-34(37(38)35(32)33(24)30)27-14-6-8-19-29(27)39(31)22-11-3-2-4-12-22/h2-21H,1H3. The molecule has 6 aromatic carbocycles. The highest BCUT2D eigenvalue weighted by molar-refractivity contribution is 6.36. The van der Waals surface area contributed by atoms with E-state index < -0.39 is 0 Å². The van der Waals surface area contributed by atoms with Crippen LogP contribution in [-0.4, -0.2) is 13.5 Å². The topological polar surface area (TPSA) is 14.3 Å². The minimum atomic E-state index is 1.18. The van der Waals surface area contributed by atoms with Gasteiger partial charge in [-0.3, -0.25) is 0 Å². The van der Waals surface area contributed by atoms with Crippen LogP contribution < -0.4 is 0 Å². The highest BCUT2D eigenvalue weighted by Crippen LogP contribution is 2.47. The van der Waals surface area contributed by atoms with E-state index in [0.717, 1.165) is 0 Å². The van der Waals surface area contributed by atoms with Crippen molar-refractivity contribution in [3.8, 4) is 5.69 Å². The van der Waals surface area contributed by atoms with Gasteiger partial charge in [-0.2, -0.15) is 0 Å². The lowest BCUT2D eigenvalue weighted by Gasteiger charge is -2.09. The Hall–Kier alpha value is -5.28. The van der Waals surface area contributed by atoms with Crippen molar-refractivity contribution in [2.24, 2.45) is 7.05 Å². The Morgan fingerprint density at radius 1 is 0.400 bits per heavy atom. The van der Waals surface area contributed by atoms with Crippen molar-refractivity contribution in [1.82, 2.24) is 13.5 Å². The molecule has 0 fully saturated rings. The van der Waals surface area contributed by atoms with Crippen LogP contribution in [0.25, 0.3) is 87.4 Å². The van der Waals surface area contributed by atoms with Gasteiger partial charge in [-0.15, -0.1) is 0 Å². The smallest absolute Gasteiger partial charge is 0.0619 e. The molecule has 4 heterocycles. The highest BCUT2D eigenvalue weighted by atomic mass is 15.0. The van der Waals surface area contributed by atoms with Gasteiger partial charge in [-0.05, 0) is 41.8 Å². The first kappa shape index (κ1) is 20.7. The Morgan fingerprint density at radius 3 is 1.88 bits per heavy atom. The Balaban J connectivity index is 1.65. The summed E-state index contributed by atoms with van der Waals surface area (Å²) >= 11 is 0. The number of para-hydroxylation sites is 4. The minimum Gasteiger partial charge on any atom is -0.343 e. The van der Waals surface area contributed by atoms with Gasteiger partial charge in [0.05, 0.1) is 33.1 Å². The van der Waals surface area contributed by atoms with Gasteiger partial charge in [0.15, 0.2) is 0 Å². The lowest BCUT2D eigenvalue weighted by Crippen LogP contribution is -1.95. The number of aromatic nitrogens is 3. The lowest BCUT2D eigenvalue weighted by molar-refractivity contribution is 1.02. The zero-order valence-electron chi connectivity index (χ0n) is 21.9. The van der Waals surface area contributed by atoms with E-state index in [1.54, 1.807) is 0 Å². The van der Waals surface area contributed by atoms with Gasteiger partial charge in [0.1, 0.15) is 0 Å². The van der Waals surface area contributed by atoms with Crippen molar-refractivity contribution >= 4 is 81.7 Å². The summed E-state index contributed by atoms with van der Waals surface area (Å²) in [6.07, 6.45) is 0. The summed E-state index contributed by atoms with van der Waals surface area (Å²) < 4.78 is 7.41. The van der Waals surface area contributed by atoms with Crippen LogP contribution in [0.1, 0.15) is 0 Å².